The molecule has 182 valence electrons. The number of halogens is 4. The monoisotopic (exact) mass is 467 g/mol. The third kappa shape index (κ3) is 6.28. The Balaban J connectivity index is 1.18. The van der Waals surface area contributed by atoms with Gasteiger partial charge in [-0.05, 0) is 82.0 Å². The highest BCUT2D eigenvalue weighted by Crippen LogP contribution is 2.33. The first-order chi connectivity index (χ1) is 15.8. The largest absolute Gasteiger partial charge is 0.416 e. The normalized spacial score (nSPS) is 24.6. The van der Waals surface area contributed by atoms with Gasteiger partial charge in [-0.25, -0.2) is 4.39 Å². The first kappa shape index (κ1) is 24.0. The molecule has 4 rings (SSSR count). The Morgan fingerprint density at radius 1 is 1.06 bits per heavy atom. The molecule has 0 aromatic heterocycles. The third-order valence-electron chi connectivity index (χ3n) is 7.35. The van der Waals surface area contributed by atoms with Crippen molar-refractivity contribution in [3.05, 3.63) is 41.2 Å². The van der Waals surface area contributed by atoms with Crippen LogP contribution in [-0.2, 0) is 11.0 Å². The Hall–Kier alpha value is -2.09. The molecule has 1 aliphatic heterocycles. The maximum Gasteiger partial charge on any atom is 0.416 e. The van der Waals surface area contributed by atoms with Crippen LogP contribution in [0.15, 0.2) is 29.8 Å². The summed E-state index contributed by atoms with van der Waals surface area (Å²) in [6, 6.07) is 2.90. The summed E-state index contributed by atoms with van der Waals surface area (Å²) in [5, 5.41) is 3.20. The highest BCUT2D eigenvalue weighted by molar-refractivity contribution is 5.93. The van der Waals surface area contributed by atoms with Gasteiger partial charge in [-0.15, -0.1) is 0 Å². The van der Waals surface area contributed by atoms with Crippen LogP contribution >= 0.6 is 0 Å². The molecule has 1 amide bonds. The SMILES string of the molecule is O=C(N[C@H]1CC[C@H](CCN2CCN(c3cc(C(F)(F)F)ccc3F)CC2)CC1)C1=CCCC1. The van der Waals surface area contributed by atoms with Gasteiger partial charge in [-0.1, -0.05) is 6.08 Å². The number of nitrogens with zero attached hydrogens (tertiary/aromatic N) is 2. The number of hydrogen-bond acceptors (Lipinski definition) is 3. The zero-order chi connectivity index (χ0) is 23.4. The summed E-state index contributed by atoms with van der Waals surface area (Å²) in [6.45, 7) is 3.43. The van der Waals surface area contributed by atoms with E-state index in [4.69, 9.17) is 0 Å². The van der Waals surface area contributed by atoms with E-state index in [-0.39, 0.29) is 17.6 Å². The summed E-state index contributed by atoms with van der Waals surface area (Å²) < 4.78 is 53.1. The number of carbonyl (C=O) groups is 1. The Bertz CT molecular complexity index is 854. The Morgan fingerprint density at radius 2 is 1.79 bits per heavy atom. The van der Waals surface area contributed by atoms with Gasteiger partial charge in [-0.3, -0.25) is 9.69 Å². The minimum absolute atomic E-state index is 0.0400. The van der Waals surface area contributed by atoms with Crippen LogP contribution in [0.2, 0.25) is 0 Å². The average Bonchev–Trinajstić information content (AvgIpc) is 3.34. The van der Waals surface area contributed by atoms with Crippen molar-refractivity contribution in [2.24, 2.45) is 5.92 Å². The van der Waals surface area contributed by atoms with Gasteiger partial charge < -0.3 is 10.2 Å². The molecule has 33 heavy (non-hydrogen) atoms. The quantitative estimate of drug-likeness (QED) is 0.589. The summed E-state index contributed by atoms with van der Waals surface area (Å²) in [4.78, 5) is 16.3. The van der Waals surface area contributed by atoms with E-state index in [0.717, 1.165) is 94.8 Å². The van der Waals surface area contributed by atoms with Crippen LogP contribution in [0.4, 0.5) is 23.2 Å². The highest BCUT2D eigenvalue weighted by Gasteiger charge is 2.32. The van der Waals surface area contributed by atoms with Gasteiger partial charge in [-0.2, -0.15) is 13.2 Å². The summed E-state index contributed by atoms with van der Waals surface area (Å²) >= 11 is 0. The number of allylic oxidation sites excluding steroid dienone is 1. The number of rotatable bonds is 6. The van der Waals surface area contributed by atoms with Crippen LogP contribution in [0.1, 0.15) is 56.9 Å². The lowest BCUT2D eigenvalue weighted by molar-refractivity contribution is -0.137. The Morgan fingerprint density at radius 3 is 2.42 bits per heavy atom. The fourth-order valence-corrected chi connectivity index (χ4v) is 5.26. The number of anilines is 1. The number of amides is 1. The van der Waals surface area contributed by atoms with Gasteiger partial charge in [0.05, 0.1) is 11.3 Å². The molecule has 0 bridgehead atoms. The second kappa shape index (κ2) is 10.5. The number of alkyl halides is 3. The molecule has 3 aliphatic rings. The van der Waals surface area contributed by atoms with Gasteiger partial charge in [0.1, 0.15) is 5.82 Å². The van der Waals surface area contributed by atoms with E-state index in [1.165, 1.54) is 0 Å². The fraction of sp³-hybridized carbons (Fsp3) is 0.640. The minimum Gasteiger partial charge on any atom is -0.367 e. The highest BCUT2D eigenvalue weighted by atomic mass is 19.4. The lowest BCUT2D eigenvalue weighted by Crippen LogP contribution is -2.47. The van der Waals surface area contributed by atoms with Crippen LogP contribution in [0, 0.1) is 11.7 Å². The molecule has 1 aromatic carbocycles. The topological polar surface area (TPSA) is 35.6 Å². The van der Waals surface area contributed by atoms with Crippen LogP contribution in [0.5, 0.6) is 0 Å². The molecule has 8 heteroatoms. The molecule has 0 unspecified atom stereocenters. The molecule has 1 N–H and O–H groups in total. The van der Waals surface area contributed by atoms with Crippen molar-refractivity contribution >= 4 is 11.6 Å². The molecule has 4 nitrogen and oxygen atoms in total. The van der Waals surface area contributed by atoms with E-state index in [2.05, 4.69) is 16.3 Å². The Labute approximate surface area is 193 Å². The standard InChI is InChI=1S/C25H33F4N3O/c26-22-10-7-20(25(27,28)29)17-23(22)32-15-13-31(14-16-32)12-11-18-5-8-21(9-6-18)30-24(33)19-3-1-2-4-19/h3,7,10,17-18,21H,1-2,4-6,8-9,11-16H2,(H,30,33)/t18-,21-. The van der Waals surface area contributed by atoms with Crippen molar-refractivity contribution < 1.29 is 22.4 Å². The summed E-state index contributed by atoms with van der Waals surface area (Å²) in [7, 11) is 0. The first-order valence-electron chi connectivity index (χ1n) is 12.1. The molecule has 0 radical (unpaired) electrons. The maximum absolute atomic E-state index is 14.2. The second-order valence-corrected chi connectivity index (χ2v) is 9.59. The average molecular weight is 468 g/mol. The van der Waals surface area contributed by atoms with Crippen molar-refractivity contribution in [2.45, 2.75) is 63.6 Å². The number of hydrogen-bond donors (Lipinski definition) is 1. The van der Waals surface area contributed by atoms with E-state index in [1.807, 2.05) is 0 Å². The van der Waals surface area contributed by atoms with Gasteiger partial charge in [0.15, 0.2) is 0 Å². The van der Waals surface area contributed by atoms with Gasteiger partial charge in [0, 0.05) is 37.8 Å². The summed E-state index contributed by atoms with van der Waals surface area (Å²) in [5.41, 5.74) is 0.174. The van der Waals surface area contributed by atoms with Gasteiger partial charge in [0.25, 0.3) is 0 Å². The fourth-order valence-electron chi connectivity index (χ4n) is 5.26. The molecule has 0 spiro atoms. The summed E-state index contributed by atoms with van der Waals surface area (Å²) in [5.74, 6) is 0.151. The van der Waals surface area contributed by atoms with Gasteiger partial charge in [0.2, 0.25) is 5.91 Å². The van der Waals surface area contributed by atoms with Crippen molar-refractivity contribution in [1.82, 2.24) is 10.2 Å². The minimum atomic E-state index is -4.47. The first-order valence-corrected chi connectivity index (χ1v) is 12.1. The smallest absolute Gasteiger partial charge is 0.367 e. The van der Waals surface area contributed by atoms with Crippen LogP contribution in [0.25, 0.3) is 0 Å². The maximum atomic E-state index is 14.2. The van der Waals surface area contributed by atoms with Crippen molar-refractivity contribution in [1.29, 1.82) is 0 Å². The zero-order valence-corrected chi connectivity index (χ0v) is 19.0. The molecule has 2 fully saturated rings. The van der Waals surface area contributed by atoms with Crippen molar-refractivity contribution in [3.63, 3.8) is 0 Å². The van der Waals surface area contributed by atoms with E-state index >= 15 is 0 Å². The van der Waals surface area contributed by atoms with Gasteiger partial charge >= 0.3 is 6.18 Å². The molecule has 1 heterocycles. The van der Waals surface area contributed by atoms with Crippen molar-refractivity contribution in [2.75, 3.05) is 37.6 Å². The van der Waals surface area contributed by atoms with Crippen molar-refractivity contribution in [3.8, 4) is 0 Å². The van der Waals surface area contributed by atoms with E-state index < -0.39 is 17.6 Å². The molecule has 2 aliphatic carbocycles. The molecule has 0 atom stereocenters. The molecular formula is C25H33F4N3O. The lowest BCUT2D eigenvalue weighted by atomic mass is 9.84. The zero-order valence-electron chi connectivity index (χ0n) is 19.0. The number of carbonyl (C=O) groups excluding carboxylic acids is 1. The molecule has 1 saturated carbocycles. The third-order valence-corrected chi connectivity index (χ3v) is 7.35. The number of piperazine rings is 1. The second-order valence-electron chi connectivity index (χ2n) is 9.59. The molecular weight excluding hydrogens is 434 g/mol. The Kier molecular flexibility index (Phi) is 7.62. The van der Waals surface area contributed by atoms with Crippen LogP contribution in [0.3, 0.4) is 0 Å². The predicted octanol–water partition coefficient (Wildman–Crippen LogP) is 5.14. The van der Waals surface area contributed by atoms with Crippen LogP contribution < -0.4 is 10.2 Å². The molecule has 1 saturated heterocycles. The van der Waals surface area contributed by atoms with E-state index in [0.29, 0.717) is 19.0 Å². The molecule has 1 aromatic rings. The lowest BCUT2D eigenvalue weighted by Gasteiger charge is -2.37. The summed E-state index contributed by atoms with van der Waals surface area (Å²) in [6.07, 6.45) is 5.93. The van der Waals surface area contributed by atoms with E-state index in [1.54, 1.807) is 4.90 Å². The number of nitrogens with one attached hydrogen (secondary N) is 1. The predicted molar refractivity (Wildman–Crippen MR) is 120 cm³/mol. The van der Waals surface area contributed by atoms with E-state index in [9.17, 15) is 22.4 Å². The number of benzene rings is 1. The van der Waals surface area contributed by atoms with Crippen LogP contribution in [-0.4, -0.2) is 49.6 Å².